The highest BCUT2D eigenvalue weighted by atomic mass is 32.2. The molecule has 3 aromatic rings. The Bertz CT molecular complexity index is 1320. The molecular weight excluding hydrogens is 465 g/mol. The largest absolute Gasteiger partial charge is 0.323 e. The Morgan fingerprint density at radius 2 is 1.59 bits per heavy atom. The number of hydrogen-bond donors (Lipinski definition) is 1. The first-order valence-corrected chi connectivity index (χ1v) is 12.2. The Kier molecular flexibility index (Phi) is 6.51. The predicted molar refractivity (Wildman–Crippen MR) is 122 cm³/mol. The fourth-order valence-corrected chi connectivity index (χ4v) is 5.74. The Morgan fingerprint density at radius 3 is 2.24 bits per heavy atom. The summed E-state index contributed by atoms with van der Waals surface area (Å²) in [5, 5.41) is 2.69. The molecule has 9 heteroatoms. The third kappa shape index (κ3) is 4.33. The van der Waals surface area contributed by atoms with Crippen molar-refractivity contribution in [1.29, 1.82) is 0 Å². The van der Waals surface area contributed by atoms with Gasteiger partial charge in [-0.25, -0.2) is 21.6 Å². The molecular formula is C25H23F3N2O3S. The first-order valence-electron chi connectivity index (χ1n) is 10.7. The number of carbonyl (C=O) groups excluding carboxylic acids is 1. The highest BCUT2D eigenvalue weighted by Gasteiger charge is 2.45. The van der Waals surface area contributed by atoms with Crippen LogP contribution < -0.4 is 5.32 Å². The third-order valence-electron chi connectivity index (χ3n) is 6.31. The van der Waals surface area contributed by atoms with E-state index in [4.69, 9.17) is 0 Å². The van der Waals surface area contributed by atoms with Crippen LogP contribution in [0.15, 0.2) is 71.6 Å². The number of sulfonamides is 1. The minimum Gasteiger partial charge on any atom is -0.323 e. The van der Waals surface area contributed by atoms with E-state index in [1.807, 2.05) is 0 Å². The summed E-state index contributed by atoms with van der Waals surface area (Å²) >= 11 is 0. The van der Waals surface area contributed by atoms with E-state index in [0.717, 1.165) is 16.4 Å². The molecule has 0 unspecified atom stereocenters. The number of aryl methyl sites for hydroxylation is 1. The molecule has 5 nitrogen and oxygen atoms in total. The van der Waals surface area contributed by atoms with Gasteiger partial charge in [-0.05, 0) is 55.2 Å². The molecule has 1 fully saturated rings. The molecule has 0 aliphatic carbocycles. The normalized spacial score (nSPS) is 16.2. The lowest BCUT2D eigenvalue weighted by Crippen LogP contribution is -2.51. The highest BCUT2D eigenvalue weighted by Crippen LogP contribution is 2.38. The van der Waals surface area contributed by atoms with Crippen LogP contribution in [0.4, 0.5) is 18.9 Å². The lowest BCUT2D eigenvalue weighted by atomic mass is 9.72. The van der Waals surface area contributed by atoms with E-state index in [-0.39, 0.29) is 36.5 Å². The van der Waals surface area contributed by atoms with Crippen LogP contribution in [-0.4, -0.2) is 31.7 Å². The predicted octanol–water partition coefficient (Wildman–Crippen LogP) is 4.77. The Hall–Kier alpha value is -3.17. The number of anilines is 1. The summed E-state index contributed by atoms with van der Waals surface area (Å²) in [4.78, 5) is 13.2. The van der Waals surface area contributed by atoms with Gasteiger partial charge in [-0.1, -0.05) is 42.5 Å². The fraction of sp³-hybridized carbons (Fsp3) is 0.240. The zero-order valence-corrected chi connectivity index (χ0v) is 19.2. The van der Waals surface area contributed by atoms with Crippen molar-refractivity contribution in [2.75, 3.05) is 18.4 Å². The summed E-state index contributed by atoms with van der Waals surface area (Å²) in [6.45, 7) is 1.54. The molecule has 1 saturated heterocycles. The molecule has 1 aliphatic heterocycles. The number of benzene rings is 3. The average Bonchev–Trinajstić information content (AvgIpc) is 2.84. The minimum atomic E-state index is -4.10. The van der Waals surface area contributed by atoms with Crippen LogP contribution >= 0.6 is 0 Å². The molecule has 34 heavy (non-hydrogen) atoms. The van der Waals surface area contributed by atoms with E-state index in [0.29, 0.717) is 17.2 Å². The van der Waals surface area contributed by atoms with Gasteiger partial charge >= 0.3 is 0 Å². The van der Waals surface area contributed by atoms with Crippen LogP contribution in [0.2, 0.25) is 0 Å². The number of halogens is 3. The van der Waals surface area contributed by atoms with Crippen LogP contribution in [0.25, 0.3) is 0 Å². The van der Waals surface area contributed by atoms with Crippen molar-refractivity contribution in [2.24, 2.45) is 0 Å². The fourth-order valence-electron chi connectivity index (χ4n) is 4.28. The number of hydrogen-bond acceptors (Lipinski definition) is 3. The Morgan fingerprint density at radius 1 is 0.912 bits per heavy atom. The van der Waals surface area contributed by atoms with Gasteiger partial charge in [0, 0.05) is 13.1 Å². The molecule has 1 aliphatic rings. The molecule has 1 N–H and O–H groups in total. The minimum absolute atomic E-state index is 0.0278. The molecule has 0 atom stereocenters. The Balaban J connectivity index is 1.63. The monoisotopic (exact) mass is 488 g/mol. The van der Waals surface area contributed by atoms with Crippen LogP contribution in [0.5, 0.6) is 0 Å². The van der Waals surface area contributed by atoms with Crippen molar-refractivity contribution < 1.29 is 26.4 Å². The second-order valence-electron chi connectivity index (χ2n) is 8.32. The summed E-state index contributed by atoms with van der Waals surface area (Å²) in [6, 6.07) is 16.1. The first-order chi connectivity index (χ1) is 16.1. The lowest BCUT2D eigenvalue weighted by molar-refractivity contribution is -0.123. The van der Waals surface area contributed by atoms with Gasteiger partial charge in [0.25, 0.3) is 0 Å². The summed E-state index contributed by atoms with van der Waals surface area (Å²) in [7, 11) is -4.10. The van der Waals surface area contributed by atoms with Crippen molar-refractivity contribution in [3.8, 4) is 0 Å². The molecule has 0 radical (unpaired) electrons. The number of nitrogens with one attached hydrogen (secondary N) is 1. The molecule has 178 valence electrons. The van der Waals surface area contributed by atoms with Crippen molar-refractivity contribution in [3.05, 3.63) is 95.3 Å². The maximum Gasteiger partial charge on any atom is 0.243 e. The van der Waals surface area contributed by atoms with Crippen molar-refractivity contribution in [1.82, 2.24) is 4.31 Å². The zero-order chi connectivity index (χ0) is 24.5. The van der Waals surface area contributed by atoms with Crippen molar-refractivity contribution in [3.63, 3.8) is 0 Å². The first kappa shape index (κ1) is 24.0. The summed E-state index contributed by atoms with van der Waals surface area (Å²) in [5.41, 5.74) is 0.0268. The van der Waals surface area contributed by atoms with E-state index >= 15 is 0 Å². The standard InChI is InChI=1S/C25H23F3N2O3S/c1-17-6-5-9-22(23(17)28)29-24(31)25(18-7-3-2-4-8-18)12-14-30(15-13-25)34(32,33)19-10-11-20(26)21(27)16-19/h2-11,16H,12-15H2,1H3,(H,29,31). The van der Waals surface area contributed by atoms with Gasteiger partial charge in [-0.15, -0.1) is 0 Å². The smallest absolute Gasteiger partial charge is 0.243 e. The van der Waals surface area contributed by atoms with Gasteiger partial charge < -0.3 is 5.32 Å². The molecule has 3 aromatic carbocycles. The second kappa shape index (κ2) is 9.23. The maximum atomic E-state index is 14.6. The van der Waals surface area contributed by atoms with Gasteiger partial charge in [-0.3, -0.25) is 4.79 Å². The number of carbonyl (C=O) groups is 1. The van der Waals surface area contributed by atoms with Gasteiger partial charge in [0.2, 0.25) is 15.9 Å². The summed E-state index contributed by atoms with van der Waals surface area (Å²) in [5.74, 6) is -3.36. The second-order valence-corrected chi connectivity index (χ2v) is 10.3. The van der Waals surface area contributed by atoms with E-state index < -0.39 is 38.8 Å². The molecule has 0 aromatic heterocycles. The maximum absolute atomic E-state index is 14.6. The number of piperidine rings is 1. The molecule has 4 rings (SSSR count). The zero-order valence-electron chi connectivity index (χ0n) is 18.4. The van der Waals surface area contributed by atoms with Gasteiger partial charge in [0.05, 0.1) is 16.0 Å². The van der Waals surface area contributed by atoms with E-state index in [2.05, 4.69) is 5.32 Å². The summed E-state index contributed by atoms with van der Waals surface area (Å²) < 4.78 is 68.7. The van der Waals surface area contributed by atoms with Crippen LogP contribution in [0.3, 0.4) is 0 Å². The molecule has 0 saturated carbocycles. The van der Waals surface area contributed by atoms with Gasteiger partial charge in [-0.2, -0.15) is 4.31 Å². The van der Waals surface area contributed by atoms with E-state index in [1.54, 1.807) is 49.4 Å². The number of rotatable bonds is 5. The molecule has 0 bridgehead atoms. The highest BCUT2D eigenvalue weighted by molar-refractivity contribution is 7.89. The van der Waals surface area contributed by atoms with Crippen molar-refractivity contribution in [2.45, 2.75) is 30.1 Å². The van der Waals surface area contributed by atoms with E-state index in [1.165, 1.54) is 6.07 Å². The lowest BCUT2D eigenvalue weighted by Gasteiger charge is -2.40. The van der Waals surface area contributed by atoms with E-state index in [9.17, 15) is 26.4 Å². The summed E-state index contributed by atoms with van der Waals surface area (Å²) in [6.07, 6.45) is 0.248. The van der Waals surface area contributed by atoms with Crippen LogP contribution in [-0.2, 0) is 20.2 Å². The molecule has 1 amide bonds. The van der Waals surface area contributed by atoms with Crippen LogP contribution in [0.1, 0.15) is 24.0 Å². The number of nitrogens with zero attached hydrogens (tertiary/aromatic N) is 1. The number of amides is 1. The van der Waals surface area contributed by atoms with Gasteiger partial charge in [0.15, 0.2) is 11.6 Å². The third-order valence-corrected chi connectivity index (χ3v) is 8.20. The topological polar surface area (TPSA) is 66.5 Å². The van der Waals surface area contributed by atoms with Crippen molar-refractivity contribution >= 4 is 21.6 Å². The molecule has 1 heterocycles. The molecule has 0 spiro atoms. The van der Waals surface area contributed by atoms with Crippen LogP contribution in [0, 0.1) is 24.4 Å². The quantitative estimate of drug-likeness (QED) is 0.563. The Labute approximate surface area is 196 Å². The SMILES string of the molecule is Cc1cccc(NC(=O)C2(c3ccccc3)CCN(S(=O)(=O)c3ccc(F)c(F)c3)CC2)c1F. The average molecular weight is 489 g/mol. The van der Waals surface area contributed by atoms with Gasteiger partial charge in [0.1, 0.15) is 5.82 Å².